The largest absolute Gasteiger partial charge is 0.444 e. The fourth-order valence-electron chi connectivity index (χ4n) is 1.08. The zero-order valence-corrected chi connectivity index (χ0v) is 11.1. The number of carbonyl (C=O) groups excluding carboxylic acids is 2. The van der Waals surface area contributed by atoms with Gasteiger partial charge in [-0.25, -0.2) is 4.79 Å². The Bertz CT molecular complexity index is 349. The molecule has 0 saturated carbocycles. The van der Waals surface area contributed by atoms with Crippen LogP contribution >= 0.6 is 11.8 Å². The minimum atomic E-state index is -0.537. The normalized spacial score (nSPS) is 19.1. The number of thioether (sulfide) groups is 1. The molecule has 0 radical (unpaired) electrons. The lowest BCUT2D eigenvalue weighted by Crippen LogP contribution is -2.44. The van der Waals surface area contributed by atoms with Crippen LogP contribution in [0.5, 0.6) is 0 Å². The molecule has 6 nitrogen and oxygen atoms in total. The van der Waals surface area contributed by atoms with E-state index < -0.39 is 11.7 Å². The maximum Gasteiger partial charge on any atom is 0.409 e. The average molecular weight is 259 g/mol. The molecule has 1 aliphatic heterocycles. The van der Waals surface area contributed by atoms with Gasteiger partial charge in [0.2, 0.25) is 0 Å². The molecule has 1 unspecified atom stereocenters. The van der Waals surface area contributed by atoms with E-state index in [4.69, 9.17) is 4.74 Å². The molecule has 0 aromatic carbocycles. The Kier molecular flexibility index (Phi) is 4.28. The van der Waals surface area contributed by atoms with Crippen LogP contribution in [0.25, 0.3) is 0 Å². The van der Waals surface area contributed by atoms with Gasteiger partial charge in [0, 0.05) is 12.5 Å². The van der Waals surface area contributed by atoms with E-state index in [0.717, 1.165) is 0 Å². The van der Waals surface area contributed by atoms with Crippen molar-refractivity contribution in [1.82, 2.24) is 16.0 Å². The predicted octanol–water partition coefficient (Wildman–Crippen LogP) is 0.718. The van der Waals surface area contributed by atoms with Crippen LogP contribution in [0, 0.1) is 0 Å². The molecule has 0 aromatic rings. The van der Waals surface area contributed by atoms with Crippen LogP contribution < -0.4 is 16.0 Å². The average Bonchev–Trinajstić information content (AvgIpc) is 2.62. The van der Waals surface area contributed by atoms with Crippen molar-refractivity contribution in [2.45, 2.75) is 31.9 Å². The quantitative estimate of drug-likeness (QED) is 0.681. The summed E-state index contributed by atoms with van der Waals surface area (Å²) >= 11 is 1.30. The van der Waals surface area contributed by atoms with E-state index in [-0.39, 0.29) is 11.4 Å². The molecule has 1 atom stereocenters. The molecule has 0 aromatic heterocycles. The van der Waals surface area contributed by atoms with Gasteiger partial charge in [-0.05, 0) is 20.8 Å². The third kappa shape index (κ3) is 4.56. The molecule has 7 heteroatoms. The monoisotopic (exact) mass is 259 g/mol. The smallest absolute Gasteiger partial charge is 0.409 e. The molecule has 0 fully saturated rings. The fraction of sp³-hybridized carbons (Fsp3) is 0.600. The SMILES string of the molecule is CNC(=O)C1=CSC(NC(=O)OC(C)(C)C)N1. The first kappa shape index (κ1) is 13.7. The number of hydrogen-bond acceptors (Lipinski definition) is 5. The molecule has 17 heavy (non-hydrogen) atoms. The molecule has 3 N–H and O–H groups in total. The lowest BCUT2D eigenvalue weighted by molar-refractivity contribution is -0.117. The molecular formula is C10H17N3O3S. The molecule has 0 saturated heterocycles. The number of rotatable bonds is 2. The Morgan fingerprint density at radius 2 is 2.12 bits per heavy atom. The molecule has 1 heterocycles. The minimum absolute atomic E-state index is 0.217. The summed E-state index contributed by atoms with van der Waals surface area (Å²) in [4.78, 5) is 22.7. The highest BCUT2D eigenvalue weighted by molar-refractivity contribution is 8.03. The molecular weight excluding hydrogens is 242 g/mol. The van der Waals surface area contributed by atoms with Crippen molar-refractivity contribution in [3.8, 4) is 0 Å². The van der Waals surface area contributed by atoms with Crippen LogP contribution in [-0.4, -0.2) is 30.1 Å². The van der Waals surface area contributed by atoms with Crippen LogP contribution in [0.15, 0.2) is 11.1 Å². The molecule has 0 spiro atoms. The van der Waals surface area contributed by atoms with Crippen LogP contribution in [0.3, 0.4) is 0 Å². The van der Waals surface area contributed by atoms with Crippen LogP contribution in [-0.2, 0) is 9.53 Å². The van der Waals surface area contributed by atoms with E-state index >= 15 is 0 Å². The summed E-state index contributed by atoms with van der Waals surface area (Å²) in [5.74, 6) is -0.217. The summed E-state index contributed by atoms with van der Waals surface area (Å²) in [6.07, 6.45) is -0.519. The molecule has 0 bridgehead atoms. The molecule has 1 aliphatic rings. The van der Waals surface area contributed by atoms with E-state index in [2.05, 4.69) is 16.0 Å². The van der Waals surface area contributed by atoms with Gasteiger partial charge in [0.1, 0.15) is 11.3 Å². The second-order valence-corrected chi connectivity index (χ2v) is 5.40. The second kappa shape index (κ2) is 5.31. The first-order chi connectivity index (χ1) is 7.81. The van der Waals surface area contributed by atoms with Crippen LogP contribution in [0.2, 0.25) is 0 Å². The highest BCUT2D eigenvalue weighted by Crippen LogP contribution is 2.19. The summed E-state index contributed by atoms with van der Waals surface area (Å²) in [7, 11) is 1.55. The lowest BCUT2D eigenvalue weighted by atomic mass is 10.2. The van der Waals surface area contributed by atoms with Gasteiger partial charge >= 0.3 is 6.09 Å². The van der Waals surface area contributed by atoms with Crippen molar-refractivity contribution >= 4 is 23.8 Å². The van der Waals surface area contributed by atoms with Gasteiger partial charge < -0.3 is 15.4 Å². The van der Waals surface area contributed by atoms with Crippen molar-refractivity contribution in [2.75, 3.05) is 7.05 Å². The molecule has 96 valence electrons. The number of alkyl carbamates (subject to hydrolysis) is 1. The summed E-state index contributed by atoms with van der Waals surface area (Å²) in [6.45, 7) is 5.36. The highest BCUT2D eigenvalue weighted by atomic mass is 32.2. The number of amides is 2. The Balaban J connectivity index is 2.38. The summed E-state index contributed by atoms with van der Waals surface area (Å²) in [5.41, 5.74) is -0.486. The van der Waals surface area contributed by atoms with Crippen LogP contribution in [0.4, 0.5) is 4.79 Å². The van der Waals surface area contributed by atoms with Crippen molar-refractivity contribution in [3.05, 3.63) is 11.1 Å². The number of ether oxygens (including phenoxy) is 1. The zero-order valence-electron chi connectivity index (χ0n) is 10.3. The third-order valence-corrected chi connectivity index (χ3v) is 2.61. The van der Waals surface area contributed by atoms with E-state index in [1.807, 2.05) is 0 Å². The first-order valence-corrected chi connectivity index (χ1v) is 6.10. The lowest BCUT2D eigenvalue weighted by Gasteiger charge is -2.21. The summed E-state index contributed by atoms with van der Waals surface area (Å²) < 4.78 is 5.09. The summed E-state index contributed by atoms with van der Waals surface area (Å²) in [6, 6.07) is 0. The molecule has 0 aliphatic carbocycles. The number of nitrogens with one attached hydrogen (secondary N) is 3. The topological polar surface area (TPSA) is 79.5 Å². The summed E-state index contributed by atoms with van der Waals surface area (Å²) in [5, 5.41) is 9.61. The van der Waals surface area contributed by atoms with Gasteiger partial charge in [0.05, 0.1) is 0 Å². The van der Waals surface area contributed by atoms with Crippen molar-refractivity contribution in [1.29, 1.82) is 0 Å². The number of carbonyl (C=O) groups is 2. The first-order valence-electron chi connectivity index (χ1n) is 5.15. The van der Waals surface area contributed by atoms with Crippen molar-refractivity contribution < 1.29 is 14.3 Å². The maximum atomic E-state index is 11.5. The molecule has 2 amide bonds. The number of likely N-dealkylation sites (N-methyl/N-ethyl adjacent to an activating group) is 1. The van der Waals surface area contributed by atoms with Gasteiger partial charge in [-0.2, -0.15) is 0 Å². The van der Waals surface area contributed by atoms with E-state index in [0.29, 0.717) is 5.70 Å². The fourth-order valence-corrected chi connectivity index (χ4v) is 1.89. The van der Waals surface area contributed by atoms with Gasteiger partial charge in [-0.3, -0.25) is 10.1 Å². The van der Waals surface area contributed by atoms with Crippen molar-refractivity contribution in [3.63, 3.8) is 0 Å². The van der Waals surface area contributed by atoms with Gasteiger partial charge in [-0.15, -0.1) is 0 Å². The van der Waals surface area contributed by atoms with E-state index in [9.17, 15) is 9.59 Å². The predicted molar refractivity (Wildman–Crippen MR) is 66.0 cm³/mol. The Morgan fingerprint density at radius 1 is 1.47 bits per heavy atom. The maximum absolute atomic E-state index is 11.5. The zero-order chi connectivity index (χ0) is 13.1. The molecule has 1 rings (SSSR count). The Hall–Kier alpha value is -1.37. The number of hydrogen-bond donors (Lipinski definition) is 3. The van der Waals surface area contributed by atoms with Crippen molar-refractivity contribution in [2.24, 2.45) is 0 Å². The van der Waals surface area contributed by atoms with Gasteiger partial charge in [0.25, 0.3) is 5.91 Å². The highest BCUT2D eigenvalue weighted by Gasteiger charge is 2.24. The van der Waals surface area contributed by atoms with Gasteiger partial charge in [0.15, 0.2) is 5.50 Å². The second-order valence-electron chi connectivity index (χ2n) is 4.42. The third-order valence-electron chi connectivity index (χ3n) is 1.73. The van der Waals surface area contributed by atoms with Gasteiger partial charge in [-0.1, -0.05) is 11.8 Å². The minimum Gasteiger partial charge on any atom is -0.444 e. The standard InChI is InChI=1S/C10H17N3O3S/c1-10(2,3)16-9(15)13-8-12-6(5-17-8)7(14)11-4/h5,8,12H,1-4H3,(H,11,14)(H,13,15). The van der Waals surface area contributed by atoms with E-state index in [1.165, 1.54) is 11.8 Å². The Labute approximate surface area is 105 Å². The van der Waals surface area contributed by atoms with E-state index in [1.54, 1.807) is 33.2 Å². The Morgan fingerprint density at radius 3 is 2.65 bits per heavy atom. The van der Waals surface area contributed by atoms with Crippen LogP contribution in [0.1, 0.15) is 20.8 Å².